The van der Waals surface area contributed by atoms with Crippen LogP contribution in [0.1, 0.15) is 47.1 Å². The number of hydrogen-bond donors (Lipinski definition) is 2. The summed E-state index contributed by atoms with van der Waals surface area (Å²) < 4.78 is 5.28. The zero-order valence-corrected chi connectivity index (χ0v) is 18.6. The molecule has 3 amide bonds. The molecule has 0 unspecified atom stereocenters. The predicted molar refractivity (Wildman–Crippen MR) is 120 cm³/mol. The molecule has 7 nitrogen and oxygen atoms in total. The molecule has 0 bridgehead atoms. The van der Waals surface area contributed by atoms with Gasteiger partial charge in [-0.05, 0) is 50.6 Å². The van der Waals surface area contributed by atoms with Crippen molar-refractivity contribution in [2.24, 2.45) is 0 Å². The average Bonchev–Trinajstić information content (AvgIpc) is 2.75. The van der Waals surface area contributed by atoms with Crippen molar-refractivity contribution in [2.75, 3.05) is 31.6 Å². The van der Waals surface area contributed by atoms with Crippen molar-refractivity contribution >= 4 is 35.0 Å². The molecule has 1 heterocycles. The Morgan fingerprint density at radius 1 is 1.06 bits per heavy atom. The first-order chi connectivity index (χ1) is 14.7. The normalized spacial score (nSPS) is 14.1. The van der Waals surface area contributed by atoms with E-state index in [0.717, 1.165) is 5.56 Å². The number of urea groups is 1. The number of hydrogen-bond acceptors (Lipinski definition) is 4. The topological polar surface area (TPSA) is 87.7 Å². The first kappa shape index (κ1) is 22.8. The third kappa shape index (κ3) is 5.62. The average molecular weight is 444 g/mol. The van der Waals surface area contributed by atoms with Crippen LogP contribution in [-0.2, 0) is 10.3 Å². The summed E-state index contributed by atoms with van der Waals surface area (Å²) in [6.07, 6.45) is 0. The van der Waals surface area contributed by atoms with E-state index in [4.69, 9.17) is 16.3 Å². The maximum Gasteiger partial charge on any atom is 0.319 e. The van der Waals surface area contributed by atoms with Gasteiger partial charge in [0.05, 0.1) is 29.3 Å². The van der Waals surface area contributed by atoms with Crippen LogP contribution in [0, 0.1) is 0 Å². The Kier molecular flexibility index (Phi) is 6.97. The van der Waals surface area contributed by atoms with Gasteiger partial charge in [-0.1, -0.05) is 29.8 Å². The minimum Gasteiger partial charge on any atom is -0.378 e. The molecule has 0 radical (unpaired) electrons. The van der Waals surface area contributed by atoms with Crippen LogP contribution < -0.4 is 10.6 Å². The van der Waals surface area contributed by atoms with E-state index in [1.54, 1.807) is 41.3 Å². The summed E-state index contributed by atoms with van der Waals surface area (Å²) in [4.78, 5) is 38.8. The second-order valence-corrected chi connectivity index (χ2v) is 8.35. The van der Waals surface area contributed by atoms with E-state index in [9.17, 15) is 14.4 Å². The fourth-order valence-electron chi connectivity index (χ4n) is 3.35. The highest BCUT2D eigenvalue weighted by Gasteiger charge is 2.25. The highest BCUT2D eigenvalue weighted by molar-refractivity contribution is 6.34. The molecular formula is C23H26ClN3O4. The summed E-state index contributed by atoms with van der Waals surface area (Å²) in [5.74, 6) is -0.237. The molecule has 0 aliphatic carbocycles. The second-order valence-electron chi connectivity index (χ2n) is 7.94. The standard InChI is InChI=1S/C23H26ClN3O4/c1-15(28)16-5-4-6-17(13-16)23(2,3)26-22(30)25-18-7-8-20(24)19(14-18)21(29)27-9-11-31-12-10-27/h4-8,13-14H,9-12H2,1-3H3,(H2,25,26,30). The summed E-state index contributed by atoms with van der Waals surface area (Å²) in [7, 11) is 0. The van der Waals surface area contributed by atoms with Gasteiger partial charge in [-0.15, -0.1) is 0 Å². The van der Waals surface area contributed by atoms with Crippen LogP contribution in [0.4, 0.5) is 10.5 Å². The Morgan fingerprint density at radius 2 is 1.77 bits per heavy atom. The number of carbonyl (C=O) groups is 3. The lowest BCUT2D eigenvalue weighted by Gasteiger charge is -2.28. The Balaban J connectivity index is 1.72. The molecule has 1 aliphatic heterocycles. The van der Waals surface area contributed by atoms with Gasteiger partial charge in [0, 0.05) is 24.3 Å². The molecule has 0 spiro atoms. The first-order valence-corrected chi connectivity index (χ1v) is 10.4. The quantitative estimate of drug-likeness (QED) is 0.682. The summed E-state index contributed by atoms with van der Waals surface area (Å²) >= 11 is 6.24. The largest absolute Gasteiger partial charge is 0.378 e. The van der Waals surface area contributed by atoms with E-state index in [0.29, 0.717) is 48.1 Å². The fraction of sp³-hybridized carbons (Fsp3) is 0.348. The highest BCUT2D eigenvalue weighted by atomic mass is 35.5. The Morgan fingerprint density at radius 3 is 2.45 bits per heavy atom. The molecule has 2 N–H and O–H groups in total. The van der Waals surface area contributed by atoms with Crippen molar-refractivity contribution in [3.63, 3.8) is 0 Å². The summed E-state index contributed by atoms with van der Waals surface area (Å²) in [5, 5.41) is 5.99. The van der Waals surface area contributed by atoms with Crippen LogP contribution in [0.2, 0.25) is 5.02 Å². The minimum atomic E-state index is -0.728. The maximum absolute atomic E-state index is 12.8. The number of rotatable bonds is 5. The lowest BCUT2D eigenvalue weighted by Crippen LogP contribution is -2.43. The number of ether oxygens (including phenoxy) is 1. The molecule has 2 aromatic rings. The van der Waals surface area contributed by atoms with Crippen molar-refractivity contribution in [2.45, 2.75) is 26.3 Å². The zero-order chi connectivity index (χ0) is 22.6. The van der Waals surface area contributed by atoms with E-state index in [1.807, 2.05) is 19.9 Å². The monoisotopic (exact) mass is 443 g/mol. The summed E-state index contributed by atoms with van der Waals surface area (Å²) in [5.41, 5.74) is 1.43. The van der Waals surface area contributed by atoms with Gasteiger partial charge in [-0.3, -0.25) is 9.59 Å². The number of ketones is 1. The molecule has 0 aromatic heterocycles. The molecule has 1 aliphatic rings. The Labute approximate surface area is 186 Å². The highest BCUT2D eigenvalue weighted by Crippen LogP contribution is 2.24. The molecular weight excluding hydrogens is 418 g/mol. The molecule has 1 fully saturated rings. The summed E-state index contributed by atoms with van der Waals surface area (Å²) in [6, 6.07) is 11.5. The van der Waals surface area contributed by atoms with Crippen LogP contribution in [0.5, 0.6) is 0 Å². The molecule has 3 rings (SSSR count). The van der Waals surface area contributed by atoms with Gasteiger partial charge in [-0.2, -0.15) is 0 Å². The number of carbonyl (C=O) groups excluding carboxylic acids is 3. The van der Waals surface area contributed by atoms with Gasteiger partial charge in [0.25, 0.3) is 5.91 Å². The van der Waals surface area contributed by atoms with Crippen LogP contribution in [0.3, 0.4) is 0 Å². The lowest BCUT2D eigenvalue weighted by atomic mass is 9.92. The fourth-order valence-corrected chi connectivity index (χ4v) is 3.55. The minimum absolute atomic E-state index is 0.0410. The number of nitrogens with one attached hydrogen (secondary N) is 2. The number of halogens is 1. The number of anilines is 1. The van der Waals surface area contributed by atoms with Gasteiger partial charge in [-0.25, -0.2) is 4.79 Å². The van der Waals surface area contributed by atoms with Crippen LogP contribution in [0.15, 0.2) is 42.5 Å². The van der Waals surface area contributed by atoms with E-state index in [1.165, 1.54) is 6.92 Å². The lowest BCUT2D eigenvalue weighted by molar-refractivity contribution is 0.0303. The van der Waals surface area contributed by atoms with Gasteiger partial charge < -0.3 is 20.3 Å². The van der Waals surface area contributed by atoms with E-state index < -0.39 is 11.6 Å². The first-order valence-electron chi connectivity index (χ1n) is 10.0. The predicted octanol–water partition coefficient (Wildman–Crippen LogP) is 4.07. The number of morpholine rings is 1. The third-order valence-corrected chi connectivity index (χ3v) is 5.50. The summed E-state index contributed by atoms with van der Waals surface area (Å²) in [6.45, 7) is 7.18. The van der Waals surface area contributed by atoms with Crippen molar-refractivity contribution in [3.8, 4) is 0 Å². The van der Waals surface area contributed by atoms with Gasteiger partial charge in [0.1, 0.15) is 0 Å². The van der Waals surface area contributed by atoms with Crippen LogP contribution in [0.25, 0.3) is 0 Å². The smallest absolute Gasteiger partial charge is 0.319 e. The van der Waals surface area contributed by atoms with Crippen molar-refractivity contribution in [1.29, 1.82) is 0 Å². The Bertz CT molecular complexity index is 1000. The van der Waals surface area contributed by atoms with Gasteiger partial charge >= 0.3 is 6.03 Å². The van der Waals surface area contributed by atoms with Gasteiger partial charge in [0.15, 0.2) is 5.78 Å². The molecule has 8 heteroatoms. The zero-order valence-electron chi connectivity index (χ0n) is 17.8. The number of benzene rings is 2. The number of nitrogens with zero attached hydrogens (tertiary/aromatic N) is 1. The van der Waals surface area contributed by atoms with E-state index in [-0.39, 0.29) is 11.7 Å². The van der Waals surface area contributed by atoms with Crippen molar-refractivity contribution in [3.05, 3.63) is 64.2 Å². The molecule has 31 heavy (non-hydrogen) atoms. The second kappa shape index (κ2) is 9.49. The molecule has 164 valence electrons. The van der Waals surface area contributed by atoms with Crippen molar-refractivity contribution in [1.82, 2.24) is 10.2 Å². The third-order valence-electron chi connectivity index (χ3n) is 5.17. The van der Waals surface area contributed by atoms with E-state index in [2.05, 4.69) is 10.6 Å². The number of amides is 3. The van der Waals surface area contributed by atoms with E-state index >= 15 is 0 Å². The molecule has 0 atom stereocenters. The van der Waals surface area contributed by atoms with Crippen LogP contribution in [-0.4, -0.2) is 48.9 Å². The number of Topliss-reactive ketones (excluding diaryl/α,β-unsaturated/α-hetero) is 1. The SMILES string of the molecule is CC(=O)c1cccc(C(C)(C)NC(=O)Nc2ccc(Cl)c(C(=O)N3CCOCC3)c2)c1. The Hall–Kier alpha value is -2.90. The van der Waals surface area contributed by atoms with Crippen LogP contribution >= 0.6 is 11.6 Å². The van der Waals surface area contributed by atoms with Gasteiger partial charge in [0.2, 0.25) is 0 Å². The van der Waals surface area contributed by atoms with Crippen molar-refractivity contribution < 1.29 is 19.1 Å². The molecule has 0 saturated carbocycles. The molecule has 2 aromatic carbocycles. The molecule has 1 saturated heterocycles. The maximum atomic E-state index is 12.8.